The summed E-state index contributed by atoms with van der Waals surface area (Å²) in [6.45, 7) is 4.34. The van der Waals surface area contributed by atoms with Crippen LogP contribution in [0.1, 0.15) is 50.4 Å². The molecule has 1 nitrogen and oxygen atoms in total. The van der Waals surface area contributed by atoms with Gasteiger partial charge in [0.2, 0.25) is 0 Å². The van der Waals surface area contributed by atoms with E-state index in [2.05, 4.69) is 55.4 Å². The molecule has 0 aromatic carbocycles. The first-order valence-corrected chi connectivity index (χ1v) is 6.73. The highest BCUT2D eigenvalue weighted by atomic mass is 127. The lowest BCUT2D eigenvalue weighted by molar-refractivity contribution is 0.529. The SMILES string of the molecule is C#C.C1CC1.CC(C)c1coc(CI)c1. The second-order valence-corrected chi connectivity index (χ2v) is 4.46. The van der Waals surface area contributed by atoms with Gasteiger partial charge in [-0.2, -0.15) is 0 Å². The highest BCUT2D eigenvalue weighted by Crippen LogP contribution is 2.18. The minimum absolute atomic E-state index is 0.584. The molecular weight excluding hydrogens is 299 g/mol. The average Bonchev–Trinajstić information content (AvgIpc) is 3.06. The molecular formula is C13H19IO. The Hall–Kier alpha value is -0.430. The molecule has 2 rings (SSSR count). The number of terminal acetylenes is 1. The normalized spacial score (nSPS) is 12.1. The Labute approximate surface area is 107 Å². The van der Waals surface area contributed by atoms with Crippen LogP contribution in [0.3, 0.4) is 0 Å². The maximum Gasteiger partial charge on any atom is 0.113 e. The first-order valence-electron chi connectivity index (χ1n) is 5.20. The first-order chi connectivity index (χ1) is 7.24. The van der Waals surface area contributed by atoms with E-state index in [1.807, 2.05) is 6.26 Å². The standard InChI is InChI=1S/C8H11IO.C3H6.C2H2/c1-6(2)7-3-8(4-9)10-5-7;1-2-3-1;1-2/h3,5-6H,4H2,1-2H3;1-3H2;1-2H. The van der Waals surface area contributed by atoms with Crippen molar-refractivity contribution >= 4 is 22.6 Å². The highest BCUT2D eigenvalue weighted by molar-refractivity contribution is 14.1. The number of halogens is 1. The monoisotopic (exact) mass is 318 g/mol. The predicted octanol–water partition coefficient (Wildman–Crippen LogP) is 4.76. The number of hydrogen-bond donors (Lipinski definition) is 0. The Morgan fingerprint density at radius 3 is 2.07 bits per heavy atom. The van der Waals surface area contributed by atoms with Crippen molar-refractivity contribution < 1.29 is 4.42 Å². The lowest BCUT2D eigenvalue weighted by atomic mass is 10.1. The lowest BCUT2D eigenvalue weighted by Gasteiger charge is -1.95. The van der Waals surface area contributed by atoms with Gasteiger partial charge in [-0.15, -0.1) is 12.8 Å². The average molecular weight is 318 g/mol. The van der Waals surface area contributed by atoms with E-state index in [0.29, 0.717) is 5.92 Å². The van der Waals surface area contributed by atoms with E-state index in [1.54, 1.807) is 0 Å². The third-order valence-electron chi connectivity index (χ3n) is 1.83. The van der Waals surface area contributed by atoms with Crippen molar-refractivity contribution in [3.8, 4) is 12.8 Å². The fourth-order valence-electron chi connectivity index (χ4n) is 0.770. The molecule has 0 radical (unpaired) electrons. The lowest BCUT2D eigenvalue weighted by Crippen LogP contribution is -1.80. The van der Waals surface area contributed by atoms with Crippen LogP contribution >= 0.6 is 22.6 Å². The summed E-state index contributed by atoms with van der Waals surface area (Å²) in [6, 6.07) is 2.12. The van der Waals surface area contributed by atoms with E-state index in [0.717, 1.165) is 10.2 Å². The largest absolute Gasteiger partial charge is 0.468 e. The molecule has 0 N–H and O–H groups in total. The van der Waals surface area contributed by atoms with Crippen molar-refractivity contribution in [2.45, 2.75) is 43.5 Å². The summed E-state index contributed by atoms with van der Waals surface area (Å²) in [5.74, 6) is 1.66. The molecule has 0 amide bonds. The van der Waals surface area contributed by atoms with Crippen LogP contribution in [0, 0.1) is 12.8 Å². The third kappa shape index (κ3) is 7.49. The van der Waals surface area contributed by atoms with Crippen LogP contribution in [0.15, 0.2) is 16.7 Å². The zero-order chi connectivity index (χ0) is 11.7. The molecule has 0 bridgehead atoms. The van der Waals surface area contributed by atoms with Crippen LogP contribution in [-0.4, -0.2) is 0 Å². The molecule has 1 fully saturated rings. The number of alkyl halides is 1. The fourth-order valence-corrected chi connectivity index (χ4v) is 1.17. The molecule has 0 unspecified atom stereocenters. The summed E-state index contributed by atoms with van der Waals surface area (Å²) >= 11 is 2.30. The van der Waals surface area contributed by atoms with Crippen LogP contribution in [0.5, 0.6) is 0 Å². The zero-order valence-corrected chi connectivity index (χ0v) is 11.7. The summed E-state index contributed by atoms with van der Waals surface area (Å²) < 4.78 is 6.23. The smallest absolute Gasteiger partial charge is 0.113 e. The summed E-state index contributed by atoms with van der Waals surface area (Å²) in [5, 5.41) is 0. The quantitative estimate of drug-likeness (QED) is 0.435. The summed E-state index contributed by atoms with van der Waals surface area (Å²) in [5.41, 5.74) is 1.30. The molecule has 0 spiro atoms. The number of rotatable bonds is 2. The van der Waals surface area contributed by atoms with Gasteiger partial charge < -0.3 is 4.42 Å². The summed E-state index contributed by atoms with van der Waals surface area (Å²) in [4.78, 5) is 0. The van der Waals surface area contributed by atoms with Gasteiger partial charge in [0.05, 0.1) is 10.7 Å². The van der Waals surface area contributed by atoms with Crippen molar-refractivity contribution in [2.24, 2.45) is 0 Å². The van der Waals surface area contributed by atoms with Crippen LogP contribution < -0.4 is 0 Å². The van der Waals surface area contributed by atoms with E-state index < -0.39 is 0 Å². The molecule has 1 aromatic heterocycles. The molecule has 2 heteroatoms. The molecule has 84 valence electrons. The zero-order valence-electron chi connectivity index (χ0n) is 9.50. The number of hydrogen-bond acceptors (Lipinski definition) is 1. The van der Waals surface area contributed by atoms with E-state index in [-0.39, 0.29) is 0 Å². The van der Waals surface area contributed by atoms with Crippen LogP contribution in [0.25, 0.3) is 0 Å². The highest BCUT2D eigenvalue weighted by Gasteiger charge is 2.02. The van der Waals surface area contributed by atoms with Crippen LogP contribution in [0.4, 0.5) is 0 Å². The molecule has 0 atom stereocenters. The van der Waals surface area contributed by atoms with E-state index in [1.165, 1.54) is 24.8 Å². The third-order valence-corrected chi connectivity index (χ3v) is 2.58. The van der Waals surface area contributed by atoms with Gasteiger partial charge in [0.1, 0.15) is 5.76 Å². The Morgan fingerprint density at radius 1 is 1.33 bits per heavy atom. The Kier molecular flexibility index (Phi) is 8.59. The van der Waals surface area contributed by atoms with Gasteiger partial charge in [0.15, 0.2) is 0 Å². The maximum absolute atomic E-state index is 5.27. The van der Waals surface area contributed by atoms with Gasteiger partial charge in [-0.05, 0) is 17.5 Å². The molecule has 1 aliphatic carbocycles. The van der Waals surface area contributed by atoms with Gasteiger partial charge in [0, 0.05) is 0 Å². The van der Waals surface area contributed by atoms with Crippen molar-refractivity contribution in [1.82, 2.24) is 0 Å². The van der Waals surface area contributed by atoms with Gasteiger partial charge in [-0.25, -0.2) is 0 Å². The Balaban J connectivity index is 0.000000326. The van der Waals surface area contributed by atoms with Gasteiger partial charge >= 0.3 is 0 Å². The molecule has 1 saturated carbocycles. The molecule has 15 heavy (non-hydrogen) atoms. The summed E-state index contributed by atoms with van der Waals surface area (Å²) in [6.07, 6.45) is 14.3. The Morgan fingerprint density at radius 2 is 1.87 bits per heavy atom. The van der Waals surface area contributed by atoms with Crippen molar-refractivity contribution in [2.75, 3.05) is 0 Å². The molecule has 0 aliphatic heterocycles. The second-order valence-electron chi connectivity index (χ2n) is 3.70. The molecule has 1 aliphatic rings. The molecule has 1 aromatic rings. The molecule has 1 heterocycles. The van der Waals surface area contributed by atoms with E-state index in [9.17, 15) is 0 Å². The van der Waals surface area contributed by atoms with Crippen molar-refractivity contribution in [3.05, 3.63) is 23.7 Å². The fraction of sp³-hybridized carbons (Fsp3) is 0.538. The van der Waals surface area contributed by atoms with Crippen LogP contribution in [-0.2, 0) is 4.43 Å². The second kappa shape index (κ2) is 8.84. The minimum Gasteiger partial charge on any atom is -0.468 e. The van der Waals surface area contributed by atoms with Gasteiger partial charge in [-0.1, -0.05) is 55.7 Å². The van der Waals surface area contributed by atoms with E-state index in [4.69, 9.17) is 4.42 Å². The van der Waals surface area contributed by atoms with Crippen LogP contribution in [0.2, 0.25) is 0 Å². The van der Waals surface area contributed by atoms with E-state index >= 15 is 0 Å². The molecule has 0 saturated heterocycles. The topological polar surface area (TPSA) is 13.1 Å². The minimum atomic E-state index is 0.584. The van der Waals surface area contributed by atoms with Crippen molar-refractivity contribution in [3.63, 3.8) is 0 Å². The predicted molar refractivity (Wildman–Crippen MR) is 74.3 cm³/mol. The number of furan rings is 1. The Bertz CT molecular complexity index is 268. The maximum atomic E-state index is 5.27. The summed E-state index contributed by atoms with van der Waals surface area (Å²) in [7, 11) is 0. The van der Waals surface area contributed by atoms with Crippen molar-refractivity contribution in [1.29, 1.82) is 0 Å². The first kappa shape index (κ1) is 14.6. The van der Waals surface area contributed by atoms with Gasteiger partial charge in [0.25, 0.3) is 0 Å². The van der Waals surface area contributed by atoms with Gasteiger partial charge in [-0.3, -0.25) is 0 Å².